The Bertz CT molecular complexity index is 1130. The number of anilines is 2. The maximum atomic E-state index is 13.0. The summed E-state index contributed by atoms with van der Waals surface area (Å²) in [5.41, 5.74) is 1.97. The zero-order chi connectivity index (χ0) is 24.2. The van der Waals surface area contributed by atoms with Gasteiger partial charge in [0.1, 0.15) is 6.04 Å². The van der Waals surface area contributed by atoms with Crippen molar-refractivity contribution in [2.24, 2.45) is 0 Å². The third-order valence-corrected chi connectivity index (χ3v) is 7.16. The minimum atomic E-state index is -3.87. The molecule has 0 aliphatic carbocycles. The maximum Gasteiger partial charge on any atom is 0.325 e. The van der Waals surface area contributed by atoms with Crippen LogP contribution in [0.4, 0.5) is 11.4 Å². The highest BCUT2D eigenvalue weighted by Crippen LogP contribution is 2.27. The minimum absolute atomic E-state index is 0.112. The van der Waals surface area contributed by atoms with Crippen LogP contribution in [0, 0.1) is 6.92 Å². The molecule has 1 heterocycles. The number of hydrogen-bond donors (Lipinski definition) is 2. The topological polar surface area (TPSA) is 122 Å². The molecule has 2 amide bonds. The van der Waals surface area contributed by atoms with Gasteiger partial charge >= 0.3 is 5.97 Å². The van der Waals surface area contributed by atoms with E-state index in [-0.39, 0.29) is 17.3 Å². The number of carbonyl (C=O) groups excluding carboxylic acids is 3. The highest BCUT2D eigenvalue weighted by atomic mass is 32.2. The van der Waals surface area contributed by atoms with Crippen molar-refractivity contribution in [3.05, 3.63) is 54.1 Å². The summed E-state index contributed by atoms with van der Waals surface area (Å²) >= 11 is 0. The van der Waals surface area contributed by atoms with Gasteiger partial charge in [0, 0.05) is 24.8 Å². The first kappa shape index (κ1) is 24.4. The van der Waals surface area contributed by atoms with Gasteiger partial charge in [-0.3, -0.25) is 14.4 Å². The van der Waals surface area contributed by atoms with Crippen molar-refractivity contribution in [2.75, 3.05) is 17.2 Å². The van der Waals surface area contributed by atoms with Crippen LogP contribution in [-0.2, 0) is 29.1 Å². The minimum Gasteiger partial charge on any atom is -0.451 e. The summed E-state index contributed by atoms with van der Waals surface area (Å²) in [6.07, 6.45) is -0.286. The second kappa shape index (κ2) is 10.1. The van der Waals surface area contributed by atoms with Crippen LogP contribution in [0.1, 0.15) is 32.3 Å². The van der Waals surface area contributed by atoms with Crippen LogP contribution in [0.25, 0.3) is 0 Å². The molecule has 0 aromatic heterocycles. The molecular formula is C23H27N3O6S. The highest BCUT2D eigenvalue weighted by molar-refractivity contribution is 7.89. The van der Waals surface area contributed by atoms with Crippen LogP contribution in [0.3, 0.4) is 0 Å². The predicted molar refractivity (Wildman–Crippen MR) is 123 cm³/mol. The van der Waals surface area contributed by atoms with Gasteiger partial charge in [-0.2, -0.15) is 4.31 Å². The van der Waals surface area contributed by atoms with E-state index in [1.807, 2.05) is 6.92 Å². The number of benzene rings is 2. The lowest BCUT2D eigenvalue weighted by Gasteiger charge is -2.24. The van der Waals surface area contributed by atoms with Crippen molar-refractivity contribution in [1.29, 1.82) is 0 Å². The fourth-order valence-corrected chi connectivity index (χ4v) is 5.15. The predicted octanol–water partition coefficient (Wildman–Crippen LogP) is 2.68. The number of nitrogens with zero attached hydrogens (tertiary/aromatic N) is 1. The highest BCUT2D eigenvalue weighted by Gasteiger charge is 2.41. The molecule has 0 saturated carbocycles. The first-order valence-corrected chi connectivity index (χ1v) is 12.0. The van der Waals surface area contributed by atoms with Gasteiger partial charge in [0.15, 0.2) is 6.10 Å². The van der Waals surface area contributed by atoms with Gasteiger partial charge in [0.25, 0.3) is 5.91 Å². The van der Waals surface area contributed by atoms with E-state index in [4.69, 9.17) is 4.74 Å². The third-order valence-electron chi connectivity index (χ3n) is 5.24. The summed E-state index contributed by atoms with van der Waals surface area (Å²) in [4.78, 5) is 36.4. The maximum absolute atomic E-state index is 13.0. The van der Waals surface area contributed by atoms with Crippen LogP contribution in [0.2, 0.25) is 0 Å². The van der Waals surface area contributed by atoms with Gasteiger partial charge in [-0.1, -0.05) is 17.7 Å². The van der Waals surface area contributed by atoms with E-state index in [1.54, 1.807) is 36.4 Å². The zero-order valence-electron chi connectivity index (χ0n) is 18.7. The number of sulfonamides is 1. The average Bonchev–Trinajstić information content (AvgIpc) is 3.26. The summed E-state index contributed by atoms with van der Waals surface area (Å²) in [6.45, 7) is 4.88. The molecule has 0 spiro atoms. The number of aryl methyl sites for hydroxylation is 1. The van der Waals surface area contributed by atoms with E-state index in [2.05, 4.69) is 10.6 Å². The Balaban J connectivity index is 1.62. The van der Waals surface area contributed by atoms with E-state index in [0.717, 1.165) is 9.87 Å². The first-order chi connectivity index (χ1) is 15.6. The lowest BCUT2D eigenvalue weighted by molar-refractivity contribution is -0.156. The fourth-order valence-electron chi connectivity index (χ4n) is 3.50. The standard InChI is InChI=1S/C23H27N3O6S/c1-15-6-12-20(13-7-15)33(30,31)26-14-4-5-21(26)23(29)32-16(2)22(28)25-19-10-8-18(9-11-19)24-17(3)27/h6-13,16,21H,4-5,14H2,1-3H3,(H,24,27)(H,25,28). The van der Waals surface area contributed by atoms with Crippen LogP contribution >= 0.6 is 0 Å². The number of hydrogen-bond acceptors (Lipinski definition) is 6. The van der Waals surface area contributed by atoms with Crippen molar-refractivity contribution in [3.8, 4) is 0 Å². The Labute approximate surface area is 193 Å². The molecule has 33 heavy (non-hydrogen) atoms. The van der Waals surface area contributed by atoms with E-state index in [1.165, 1.54) is 26.0 Å². The SMILES string of the molecule is CC(=O)Nc1ccc(NC(=O)C(C)OC(=O)C2CCCN2S(=O)(=O)c2ccc(C)cc2)cc1. The Morgan fingerprint density at radius 2 is 1.58 bits per heavy atom. The summed E-state index contributed by atoms with van der Waals surface area (Å²) < 4.78 is 32.5. The zero-order valence-corrected chi connectivity index (χ0v) is 19.5. The van der Waals surface area contributed by atoms with Crippen LogP contribution in [0.15, 0.2) is 53.4 Å². The van der Waals surface area contributed by atoms with Crippen molar-refractivity contribution in [3.63, 3.8) is 0 Å². The molecule has 176 valence electrons. The van der Waals surface area contributed by atoms with Gasteiger partial charge in [-0.15, -0.1) is 0 Å². The molecule has 2 unspecified atom stereocenters. The normalized spacial score (nSPS) is 17.2. The summed E-state index contributed by atoms with van der Waals surface area (Å²) in [5.74, 6) is -1.52. The van der Waals surface area contributed by atoms with Crippen molar-refractivity contribution in [2.45, 2.75) is 50.7 Å². The van der Waals surface area contributed by atoms with Gasteiger partial charge in [0.05, 0.1) is 4.90 Å². The second-order valence-corrected chi connectivity index (χ2v) is 9.80. The first-order valence-electron chi connectivity index (χ1n) is 10.6. The number of carbonyl (C=O) groups is 3. The monoisotopic (exact) mass is 473 g/mol. The number of nitrogens with one attached hydrogen (secondary N) is 2. The lowest BCUT2D eigenvalue weighted by Crippen LogP contribution is -2.43. The quantitative estimate of drug-likeness (QED) is 0.596. The van der Waals surface area contributed by atoms with Crippen LogP contribution < -0.4 is 10.6 Å². The molecule has 2 N–H and O–H groups in total. The Morgan fingerprint density at radius 1 is 1.00 bits per heavy atom. The Kier molecular flexibility index (Phi) is 7.50. The Morgan fingerprint density at radius 3 is 2.15 bits per heavy atom. The number of esters is 1. The smallest absolute Gasteiger partial charge is 0.325 e. The second-order valence-electron chi connectivity index (χ2n) is 7.91. The average molecular weight is 474 g/mol. The molecule has 0 radical (unpaired) electrons. The van der Waals surface area contributed by atoms with E-state index in [9.17, 15) is 22.8 Å². The summed E-state index contributed by atoms with van der Waals surface area (Å²) in [7, 11) is -3.87. The third kappa shape index (κ3) is 5.96. The molecule has 1 saturated heterocycles. The van der Waals surface area contributed by atoms with E-state index >= 15 is 0 Å². The fraction of sp³-hybridized carbons (Fsp3) is 0.348. The molecule has 2 aromatic rings. The summed E-state index contributed by atoms with van der Waals surface area (Å²) in [6, 6.07) is 11.9. The van der Waals surface area contributed by atoms with E-state index < -0.39 is 34.0 Å². The largest absolute Gasteiger partial charge is 0.451 e. The molecular weight excluding hydrogens is 446 g/mol. The van der Waals surface area contributed by atoms with Gasteiger partial charge in [-0.25, -0.2) is 8.42 Å². The molecule has 2 aromatic carbocycles. The summed E-state index contributed by atoms with van der Waals surface area (Å²) in [5, 5.41) is 5.25. The van der Waals surface area contributed by atoms with Crippen molar-refractivity contribution in [1.82, 2.24) is 4.31 Å². The molecule has 10 heteroatoms. The molecule has 0 bridgehead atoms. The molecule has 9 nitrogen and oxygen atoms in total. The van der Waals surface area contributed by atoms with E-state index in [0.29, 0.717) is 24.2 Å². The molecule has 2 atom stereocenters. The number of rotatable bonds is 7. The molecule has 1 aliphatic heterocycles. The van der Waals surface area contributed by atoms with Gasteiger partial charge in [-0.05, 0) is 63.1 Å². The Hall–Kier alpha value is -3.24. The van der Waals surface area contributed by atoms with Crippen molar-refractivity contribution >= 4 is 39.2 Å². The molecule has 3 rings (SSSR count). The van der Waals surface area contributed by atoms with Crippen LogP contribution in [-0.4, -0.2) is 49.2 Å². The van der Waals surface area contributed by atoms with Gasteiger partial charge in [0.2, 0.25) is 15.9 Å². The van der Waals surface area contributed by atoms with Crippen molar-refractivity contribution < 1.29 is 27.5 Å². The van der Waals surface area contributed by atoms with Gasteiger partial charge < -0.3 is 15.4 Å². The van der Waals surface area contributed by atoms with Crippen LogP contribution in [0.5, 0.6) is 0 Å². The molecule has 1 fully saturated rings. The number of ether oxygens (including phenoxy) is 1. The molecule has 1 aliphatic rings. The lowest BCUT2D eigenvalue weighted by atomic mass is 10.2. The number of amides is 2.